The maximum Gasteiger partial charge on any atom is 0.228 e. The Bertz CT molecular complexity index is 800. The second-order valence-electron chi connectivity index (χ2n) is 11.0. The Labute approximate surface area is 228 Å². The Hall–Kier alpha value is -0.330. The molecule has 5 heterocycles. The van der Waals surface area contributed by atoms with Crippen molar-refractivity contribution >= 4 is 46.8 Å². The molecule has 0 spiro atoms. The van der Waals surface area contributed by atoms with Crippen molar-refractivity contribution in [2.75, 3.05) is 39.8 Å². The fourth-order valence-corrected chi connectivity index (χ4v) is 8.82. The number of likely N-dealkylation sites (tertiary alicyclic amines) is 1. The molecule has 12 heteroatoms. The summed E-state index contributed by atoms with van der Waals surface area (Å²) in [5.41, 5.74) is -0.523. The van der Waals surface area contributed by atoms with E-state index >= 15 is 0 Å². The van der Waals surface area contributed by atoms with Gasteiger partial charge in [-0.05, 0) is 51.0 Å². The van der Waals surface area contributed by atoms with Gasteiger partial charge in [-0.25, -0.2) is 0 Å². The number of hydrogen-bond donors (Lipinski definition) is 5. The first-order valence-electron chi connectivity index (χ1n) is 13.4. The number of ether oxygens (including phenoxy) is 1. The molecule has 5 aliphatic heterocycles. The summed E-state index contributed by atoms with van der Waals surface area (Å²) in [6.45, 7) is 5.78. The van der Waals surface area contributed by atoms with Gasteiger partial charge >= 0.3 is 0 Å². The average molecular weight is 564 g/mol. The van der Waals surface area contributed by atoms with Crippen molar-refractivity contribution in [3.8, 4) is 0 Å². The number of thioether (sulfide) groups is 1. The van der Waals surface area contributed by atoms with Gasteiger partial charge in [0, 0.05) is 50.6 Å². The lowest BCUT2D eigenvalue weighted by Gasteiger charge is -2.45. The molecule has 0 aliphatic carbocycles. The number of alkyl halides is 2. The van der Waals surface area contributed by atoms with E-state index in [1.54, 1.807) is 18.9 Å². The highest BCUT2D eigenvalue weighted by atomic mass is 35.5. The first-order chi connectivity index (χ1) is 17.3. The molecule has 0 aromatic heterocycles. The third-order valence-electron chi connectivity index (χ3n) is 8.74. The number of carbonyl (C=O) groups excluding carboxylic acids is 2. The van der Waals surface area contributed by atoms with Crippen LogP contribution in [0.1, 0.15) is 32.6 Å². The third-order valence-corrected chi connectivity index (χ3v) is 10.9. The van der Waals surface area contributed by atoms with Gasteiger partial charge in [0.15, 0.2) is 0 Å². The van der Waals surface area contributed by atoms with E-state index in [1.807, 2.05) is 4.90 Å². The predicted molar refractivity (Wildman–Crippen MR) is 143 cm³/mol. The van der Waals surface area contributed by atoms with E-state index < -0.39 is 0 Å². The van der Waals surface area contributed by atoms with Gasteiger partial charge in [-0.15, -0.1) is 35.0 Å². The summed E-state index contributed by atoms with van der Waals surface area (Å²) >= 11 is 14.6. The molecule has 5 rings (SSSR count). The number of halogens is 2. The summed E-state index contributed by atoms with van der Waals surface area (Å²) in [5.74, 6) is 0.387. The summed E-state index contributed by atoms with van der Waals surface area (Å²) in [7, 11) is 1.75. The van der Waals surface area contributed by atoms with Gasteiger partial charge < -0.3 is 25.6 Å². The molecular formula is C24H40Cl2N6O3S. The number of amides is 2. The van der Waals surface area contributed by atoms with E-state index in [0.717, 1.165) is 32.2 Å². The van der Waals surface area contributed by atoms with E-state index in [2.05, 4.69) is 33.5 Å². The van der Waals surface area contributed by atoms with Crippen LogP contribution in [-0.2, 0) is 14.3 Å². The molecule has 36 heavy (non-hydrogen) atoms. The first-order valence-corrected chi connectivity index (χ1v) is 15.2. The van der Waals surface area contributed by atoms with Crippen LogP contribution in [0.3, 0.4) is 0 Å². The van der Waals surface area contributed by atoms with Crippen molar-refractivity contribution in [3.63, 3.8) is 0 Å². The molecule has 5 fully saturated rings. The number of nitrogens with zero attached hydrogens (tertiary/aromatic N) is 1. The molecule has 9 nitrogen and oxygen atoms in total. The topological polar surface area (TPSA) is 107 Å². The van der Waals surface area contributed by atoms with E-state index in [-0.39, 0.29) is 69.4 Å². The molecule has 204 valence electrons. The Kier molecular flexibility index (Phi) is 8.94. The highest BCUT2D eigenvalue weighted by Gasteiger charge is 2.47. The Morgan fingerprint density at radius 1 is 1.06 bits per heavy atom. The first kappa shape index (κ1) is 27.2. The predicted octanol–water partition coefficient (Wildman–Crippen LogP) is 0.670. The van der Waals surface area contributed by atoms with Crippen LogP contribution >= 0.6 is 35.0 Å². The van der Waals surface area contributed by atoms with Gasteiger partial charge in [0.2, 0.25) is 11.8 Å². The summed E-state index contributed by atoms with van der Waals surface area (Å²) in [6.07, 6.45) is 3.60. The molecule has 11 atom stereocenters. The zero-order valence-corrected chi connectivity index (χ0v) is 23.4. The van der Waals surface area contributed by atoms with E-state index in [9.17, 15) is 9.59 Å². The molecule has 0 radical (unpaired) electrons. The standard InChI is InChI=1S/C24H40Cl2N6O3S/c1-12-6-14(15-7-20(25)29-9-18(15)35-2)16(8-28-12)22(33)31-24-30-17-10-32(11-19(17)36-24)23(34)13-4-3-5-27-21(13)26/h12-21,24,27-30H,3-11H2,1-2H3,(H,31,33). The lowest BCUT2D eigenvalue weighted by molar-refractivity contribution is -0.135. The Morgan fingerprint density at radius 3 is 2.64 bits per heavy atom. The maximum absolute atomic E-state index is 13.5. The number of rotatable bonds is 5. The van der Waals surface area contributed by atoms with Gasteiger partial charge in [0.25, 0.3) is 0 Å². The molecule has 0 aromatic rings. The van der Waals surface area contributed by atoms with Gasteiger partial charge in [0.05, 0.1) is 28.9 Å². The minimum atomic E-state index is -0.286. The molecule has 5 aliphatic rings. The molecule has 0 aromatic carbocycles. The SMILES string of the molecule is COC1CNC(Cl)CC1C1CC(C)NCC1C(=O)NC1NC2CN(C(=O)C3CCCNC3Cl)CC2S1. The van der Waals surface area contributed by atoms with Crippen LogP contribution in [0.4, 0.5) is 0 Å². The number of carbonyl (C=O) groups is 2. The number of hydrogen-bond acceptors (Lipinski definition) is 8. The van der Waals surface area contributed by atoms with Gasteiger partial charge in [-0.3, -0.25) is 20.2 Å². The summed E-state index contributed by atoms with van der Waals surface area (Å²) in [6, 6.07) is 0.531. The Balaban J connectivity index is 1.17. The zero-order chi connectivity index (χ0) is 25.4. The summed E-state index contributed by atoms with van der Waals surface area (Å²) < 4.78 is 5.80. The van der Waals surface area contributed by atoms with Crippen LogP contribution in [0.25, 0.3) is 0 Å². The largest absolute Gasteiger partial charge is 0.380 e. The van der Waals surface area contributed by atoms with E-state index in [0.29, 0.717) is 32.2 Å². The van der Waals surface area contributed by atoms with Crippen LogP contribution in [0.2, 0.25) is 0 Å². The van der Waals surface area contributed by atoms with Crippen molar-refractivity contribution in [2.45, 2.75) is 72.5 Å². The molecule has 5 N–H and O–H groups in total. The highest BCUT2D eigenvalue weighted by Crippen LogP contribution is 2.39. The highest BCUT2D eigenvalue weighted by molar-refractivity contribution is 8.00. The minimum Gasteiger partial charge on any atom is -0.380 e. The zero-order valence-electron chi connectivity index (χ0n) is 21.1. The Morgan fingerprint density at radius 2 is 1.89 bits per heavy atom. The van der Waals surface area contributed by atoms with E-state index in [1.165, 1.54) is 0 Å². The van der Waals surface area contributed by atoms with Gasteiger partial charge in [0.1, 0.15) is 5.50 Å². The smallest absolute Gasteiger partial charge is 0.228 e. The van der Waals surface area contributed by atoms with Crippen molar-refractivity contribution < 1.29 is 14.3 Å². The number of nitrogens with one attached hydrogen (secondary N) is 5. The third kappa shape index (κ3) is 5.81. The number of fused-ring (bicyclic) bond motifs is 1. The molecule has 11 unspecified atom stereocenters. The maximum atomic E-state index is 13.5. The summed E-state index contributed by atoms with van der Waals surface area (Å²) in [4.78, 5) is 28.6. The lowest BCUT2D eigenvalue weighted by Crippen LogP contribution is -2.57. The molecule has 0 bridgehead atoms. The van der Waals surface area contributed by atoms with Crippen LogP contribution in [0, 0.1) is 23.7 Å². The second-order valence-corrected chi connectivity index (χ2v) is 13.4. The number of methoxy groups -OCH3 is 1. The monoisotopic (exact) mass is 562 g/mol. The minimum absolute atomic E-state index is 0.0550. The van der Waals surface area contributed by atoms with Gasteiger partial charge in [-0.2, -0.15) is 0 Å². The van der Waals surface area contributed by atoms with E-state index in [4.69, 9.17) is 27.9 Å². The molecule has 0 saturated carbocycles. The second kappa shape index (κ2) is 11.8. The summed E-state index contributed by atoms with van der Waals surface area (Å²) in [5, 5.41) is 17.1. The molecule has 2 amide bonds. The van der Waals surface area contributed by atoms with Crippen LogP contribution in [0.15, 0.2) is 0 Å². The van der Waals surface area contributed by atoms with Crippen LogP contribution in [-0.4, -0.2) is 96.5 Å². The average Bonchev–Trinajstić information content (AvgIpc) is 3.42. The lowest BCUT2D eigenvalue weighted by atomic mass is 9.70. The normalized spacial score (nSPS) is 45.3. The van der Waals surface area contributed by atoms with Crippen molar-refractivity contribution in [1.29, 1.82) is 0 Å². The van der Waals surface area contributed by atoms with Crippen LogP contribution < -0.4 is 26.6 Å². The van der Waals surface area contributed by atoms with Crippen LogP contribution in [0.5, 0.6) is 0 Å². The molecular weight excluding hydrogens is 523 g/mol. The number of piperidine rings is 3. The molecule has 5 saturated heterocycles. The fourth-order valence-electron chi connectivity index (χ4n) is 6.78. The van der Waals surface area contributed by atoms with Gasteiger partial charge in [-0.1, -0.05) is 0 Å². The quantitative estimate of drug-likeness (QED) is 0.246. The van der Waals surface area contributed by atoms with Crippen molar-refractivity contribution in [2.24, 2.45) is 23.7 Å². The fraction of sp³-hybridized carbons (Fsp3) is 0.917. The van der Waals surface area contributed by atoms with Crippen molar-refractivity contribution in [3.05, 3.63) is 0 Å². The van der Waals surface area contributed by atoms with Crippen molar-refractivity contribution in [1.82, 2.24) is 31.5 Å².